The van der Waals surface area contributed by atoms with Gasteiger partial charge in [0.05, 0.1) is 29.7 Å². The molecule has 2 aromatic carbocycles. The molecule has 21 heteroatoms. The summed E-state index contributed by atoms with van der Waals surface area (Å²) in [6, 6.07) is 5.01. The number of nitrogens with zero attached hydrogens (tertiary/aromatic N) is 2. The highest BCUT2D eigenvalue weighted by Gasteiger charge is 2.45. The van der Waals surface area contributed by atoms with Gasteiger partial charge in [0.1, 0.15) is 17.8 Å². The number of nitrogens with two attached hydrogens (primary N) is 3. The van der Waals surface area contributed by atoms with Gasteiger partial charge in [-0.25, -0.2) is 13.1 Å². The summed E-state index contributed by atoms with van der Waals surface area (Å²) in [5.41, 5.74) is 22.8. The summed E-state index contributed by atoms with van der Waals surface area (Å²) in [5.74, 6) is -3.29. The van der Waals surface area contributed by atoms with Crippen LogP contribution in [0.1, 0.15) is 76.6 Å². The van der Waals surface area contributed by atoms with Gasteiger partial charge in [-0.05, 0) is 107 Å². The first-order chi connectivity index (χ1) is 28.9. The van der Waals surface area contributed by atoms with Crippen molar-refractivity contribution in [3.8, 4) is 5.75 Å². The third-order valence-corrected chi connectivity index (χ3v) is 12.2. The highest BCUT2D eigenvalue weighted by Crippen LogP contribution is 2.29. The van der Waals surface area contributed by atoms with Crippen LogP contribution in [-0.4, -0.2) is 123 Å². The molecule has 0 saturated carbocycles. The number of carbonyl (C=O) groups is 6. The van der Waals surface area contributed by atoms with Crippen LogP contribution in [0.4, 0.5) is 11.4 Å². The van der Waals surface area contributed by atoms with Crippen molar-refractivity contribution in [3.05, 3.63) is 48.0 Å². The molecule has 2 heterocycles. The molecular weight excluding hydrogens is 811 g/mol. The number of hydrazine groups is 1. The molecule has 0 spiro atoms. The van der Waals surface area contributed by atoms with Crippen molar-refractivity contribution < 1.29 is 41.9 Å². The van der Waals surface area contributed by atoms with E-state index in [1.165, 1.54) is 57.4 Å². The number of unbranched alkanes of at least 4 members (excludes halogenated alkanes) is 1. The third kappa shape index (κ3) is 13.1. The third-order valence-electron chi connectivity index (χ3n) is 10.7. The quantitative estimate of drug-likeness (QED) is 0.0520. The Labute approximate surface area is 356 Å². The normalized spacial score (nSPS) is 19.6. The molecule has 61 heavy (non-hydrogen) atoms. The zero-order valence-electron chi connectivity index (χ0n) is 35.4. The van der Waals surface area contributed by atoms with Gasteiger partial charge in [0.2, 0.25) is 33.7 Å². The van der Waals surface area contributed by atoms with E-state index in [0.717, 1.165) is 0 Å². The van der Waals surface area contributed by atoms with Crippen molar-refractivity contribution in [1.82, 2.24) is 36.0 Å². The van der Waals surface area contributed by atoms with Crippen molar-refractivity contribution in [3.63, 3.8) is 0 Å². The monoisotopic (exact) mass is 871 g/mol. The maximum atomic E-state index is 14.3. The zero-order valence-corrected chi connectivity index (χ0v) is 36.2. The second kappa shape index (κ2) is 22.0. The van der Waals surface area contributed by atoms with Crippen LogP contribution in [0.25, 0.3) is 0 Å². The summed E-state index contributed by atoms with van der Waals surface area (Å²) in [7, 11) is -2.73. The molecule has 6 atom stereocenters. The van der Waals surface area contributed by atoms with Gasteiger partial charge in [0, 0.05) is 43.5 Å². The van der Waals surface area contributed by atoms with Crippen molar-refractivity contribution in [2.45, 2.75) is 107 Å². The molecule has 336 valence electrons. The van der Waals surface area contributed by atoms with E-state index < -0.39 is 69.9 Å². The molecule has 2 aliphatic heterocycles. The molecule has 0 radical (unpaired) electrons. The van der Waals surface area contributed by atoms with Crippen molar-refractivity contribution in [1.29, 1.82) is 0 Å². The summed E-state index contributed by atoms with van der Waals surface area (Å²) in [6.07, 6.45) is 2.30. The Balaban J connectivity index is 1.58. The van der Waals surface area contributed by atoms with Crippen LogP contribution in [0.2, 0.25) is 0 Å². The largest absolute Gasteiger partial charge is 0.496 e. The Morgan fingerprint density at radius 3 is 2.25 bits per heavy atom. The van der Waals surface area contributed by atoms with Crippen LogP contribution in [0.5, 0.6) is 5.75 Å². The van der Waals surface area contributed by atoms with Crippen LogP contribution in [0.15, 0.2) is 47.4 Å². The molecule has 12 N–H and O–H groups in total. The number of nitrogens with one attached hydrogen (secondary N) is 6. The SMILES string of the molecule is COc1ccc(NC(C)=O)cc1C(=O)NNC(=O)[C@H](CCCCN)NC(=O)[C@@H]1CCCN1[C@@H]1CN(C(=O)[C@@H](NC(=O)[C@H](C)N)C(C)C)CC[C@H]1NS(=O)(=O)c1ccc(N)cc1. The second-order valence-electron chi connectivity index (χ2n) is 15.7. The number of carbonyl (C=O) groups excluding carboxylic acids is 6. The minimum Gasteiger partial charge on any atom is -0.496 e. The number of sulfonamides is 1. The average molecular weight is 872 g/mol. The number of hydrogen-bond acceptors (Lipinski definition) is 13. The topological polar surface area (TPSA) is 303 Å². The molecule has 4 rings (SSSR count). The number of nitrogen functional groups attached to an aromatic ring is 1. The number of hydrogen-bond donors (Lipinski definition) is 9. The number of ether oxygens (including phenoxy) is 1. The lowest BCUT2D eigenvalue weighted by atomic mass is 9.95. The smallest absolute Gasteiger partial charge is 0.273 e. The van der Waals surface area contributed by atoms with E-state index in [9.17, 15) is 37.2 Å². The highest BCUT2D eigenvalue weighted by molar-refractivity contribution is 7.89. The lowest BCUT2D eigenvalue weighted by Gasteiger charge is -2.45. The molecule has 2 fully saturated rings. The summed E-state index contributed by atoms with van der Waals surface area (Å²) >= 11 is 0. The molecule has 0 aromatic heterocycles. The maximum Gasteiger partial charge on any atom is 0.273 e. The standard InChI is InChI=1S/C40H61N11O9S/c1-23(2)35(46-36(53)24(3)42)40(57)50-20-17-30(49-61(58,59)28-14-11-26(43)12-15-28)33(22-50)51-19-8-10-32(51)39(56)45-31(9-6-7-18-41)38(55)48-47-37(54)29-21-27(44-25(4)52)13-16-34(29)60-5/h11-16,21,23-24,30-33,35,49H,6-10,17-20,22,41-43H2,1-5H3,(H,44,52)(H,45,56)(H,46,53)(H,47,54)(H,48,55)/t24-,30+,31-,32-,33+,35-/m0/s1. The molecule has 6 amide bonds. The van der Waals surface area contributed by atoms with Gasteiger partial charge in [0.15, 0.2) is 0 Å². The number of likely N-dealkylation sites (tertiary alicyclic amines) is 2. The first kappa shape index (κ1) is 48.3. The molecule has 20 nitrogen and oxygen atoms in total. The molecular formula is C40H61N11O9S. The van der Waals surface area contributed by atoms with E-state index >= 15 is 0 Å². The Kier molecular flexibility index (Phi) is 17.4. The lowest BCUT2D eigenvalue weighted by Crippen LogP contribution is -2.66. The first-order valence-electron chi connectivity index (χ1n) is 20.4. The van der Waals surface area contributed by atoms with Gasteiger partial charge in [-0.15, -0.1) is 0 Å². The van der Waals surface area contributed by atoms with Crippen LogP contribution < -0.4 is 53.5 Å². The number of methoxy groups -OCH3 is 1. The van der Waals surface area contributed by atoms with Crippen LogP contribution in [0.3, 0.4) is 0 Å². The molecule has 2 aromatic rings. The number of rotatable bonds is 18. The molecule has 2 aliphatic rings. The Bertz CT molecular complexity index is 2000. The van der Waals surface area contributed by atoms with Gasteiger partial charge in [-0.3, -0.25) is 44.5 Å². The lowest BCUT2D eigenvalue weighted by molar-refractivity contribution is -0.140. The number of amides is 6. The fourth-order valence-electron chi connectivity index (χ4n) is 7.45. The summed E-state index contributed by atoms with van der Waals surface area (Å²) in [6.45, 7) is 7.32. The van der Waals surface area contributed by atoms with Gasteiger partial charge in [-0.2, -0.15) is 0 Å². The molecule has 0 aliphatic carbocycles. The predicted molar refractivity (Wildman–Crippen MR) is 228 cm³/mol. The fraction of sp³-hybridized carbons (Fsp3) is 0.550. The minimum atomic E-state index is -4.09. The van der Waals surface area contributed by atoms with E-state index in [0.29, 0.717) is 50.1 Å². The van der Waals surface area contributed by atoms with Crippen LogP contribution >= 0.6 is 0 Å². The maximum absolute atomic E-state index is 14.3. The van der Waals surface area contributed by atoms with Gasteiger partial charge >= 0.3 is 0 Å². The highest BCUT2D eigenvalue weighted by atomic mass is 32.2. The molecule has 2 saturated heterocycles. The predicted octanol–water partition coefficient (Wildman–Crippen LogP) is -0.489. The average Bonchev–Trinajstić information content (AvgIpc) is 3.71. The minimum absolute atomic E-state index is 0.00883. The van der Waals surface area contributed by atoms with Crippen molar-refractivity contribution in [2.75, 3.05) is 44.3 Å². The van der Waals surface area contributed by atoms with E-state index in [4.69, 9.17) is 21.9 Å². The first-order valence-corrected chi connectivity index (χ1v) is 21.9. The van der Waals surface area contributed by atoms with E-state index in [-0.39, 0.29) is 59.9 Å². The zero-order chi connectivity index (χ0) is 45.0. The Morgan fingerprint density at radius 2 is 1.62 bits per heavy atom. The van der Waals surface area contributed by atoms with E-state index in [2.05, 4.69) is 31.5 Å². The second-order valence-corrected chi connectivity index (χ2v) is 17.5. The van der Waals surface area contributed by atoms with E-state index in [1.54, 1.807) is 24.8 Å². The Morgan fingerprint density at radius 1 is 0.918 bits per heavy atom. The summed E-state index contributed by atoms with van der Waals surface area (Å²) < 4.78 is 35.6. The van der Waals surface area contributed by atoms with Crippen LogP contribution in [0, 0.1) is 5.92 Å². The number of anilines is 2. The summed E-state index contributed by atoms with van der Waals surface area (Å²) in [4.78, 5) is 82.9. The van der Waals surface area contributed by atoms with Gasteiger partial charge in [0.25, 0.3) is 11.8 Å². The van der Waals surface area contributed by atoms with Crippen LogP contribution in [-0.2, 0) is 34.0 Å². The fourth-order valence-corrected chi connectivity index (χ4v) is 8.75. The van der Waals surface area contributed by atoms with Crippen molar-refractivity contribution in [2.24, 2.45) is 17.4 Å². The molecule has 0 unspecified atom stereocenters. The van der Waals surface area contributed by atoms with Gasteiger partial charge < -0.3 is 42.8 Å². The summed E-state index contributed by atoms with van der Waals surface area (Å²) in [5, 5.41) is 8.19. The van der Waals surface area contributed by atoms with Crippen molar-refractivity contribution >= 4 is 56.8 Å². The van der Waals surface area contributed by atoms with Gasteiger partial charge in [-0.1, -0.05) is 13.8 Å². The van der Waals surface area contributed by atoms with E-state index in [1.807, 2.05) is 4.90 Å². The molecule has 0 bridgehead atoms. The number of piperidine rings is 1. The Hall–Kier alpha value is -5.35. The number of benzene rings is 2.